The summed E-state index contributed by atoms with van der Waals surface area (Å²) < 4.78 is 6.89. The second-order valence-corrected chi connectivity index (χ2v) is 37.3. The quantitative estimate of drug-likeness (QED) is 0.00326. The lowest BCUT2D eigenvalue weighted by Gasteiger charge is -2.37. The van der Waals surface area contributed by atoms with Crippen LogP contribution in [0.15, 0.2) is 119 Å². The van der Waals surface area contributed by atoms with E-state index in [9.17, 15) is 63.0 Å². The number of nitrogens with one attached hydrogen (secondary N) is 7. The molecule has 0 saturated heterocycles. The molecule has 9 aromatic rings. The Balaban J connectivity index is 0.000000312. The van der Waals surface area contributed by atoms with Crippen LogP contribution in [0.2, 0.25) is 18.1 Å². The summed E-state index contributed by atoms with van der Waals surface area (Å²) in [6.45, 7) is 17.3. The first-order chi connectivity index (χ1) is 56.5. The number of aromatic nitrogens is 6. The topological polar surface area (TPSA) is 534 Å². The number of Topliss-reactive ketones (excluding diaryl/α,β-unsaturated/α-hetero) is 4. The minimum absolute atomic E-state index is 0.00528. The zero-order valence-electron chi connectivity index (χ0n) is 66.9. The first kappa shape index (κ1) is 94.0. The van der Waals surface area contributed by atoms with Crippen LogP contribution >= 0.6 is 33.2 Å². The third-order valence-corrected chi connectivity index (χ3v) is 27.1. The van der Waals surface area contributed by atoms with Crippen molar-refractivity contribution in [3.8, 4) is 5.75 Å². The Morgan fingerprint density at radius 3 is 2.02 bits per heavy atom. The number of halogens is 1. The molecule has 5 aromatic carbocycles. The van der Waals surface area contributed by atoms with Crippen molar-refractivity contribution in [1.29, 1.82) is 0 Å². The lowest BCUT2D eigenvalue weighted by molar-refractivity contribution is -0.193. The number of carboxylic acids is 2. The normalized spacial score (nSPS) is 13.2. The van der Waals surface area contributed by atoms with E-state index >= 15 is 0 Å². The number of aliphatic imine (C=N–C) groups is 1. The van der Waals surface area contributed by atoms with Gasteiger partial charge in [-0.25, -0.2) is 9.97 Å². The number of amides is 4. The van der Waals surface area contributed by atoms with Crippen LogP contribution in [-0.4, -0.2) is 175 Å². The van der Waals surface area contributed by atoms with E-state index in [1.54, 1.807) is 24.3 Å². The largest absolute Gasteiger partial charge is 0.543 e. The highest BCUT2D eigenvalue weighted by Crippen LogP contribution is 2.48. The molecule has 1 aliphatic rings. The van der Waals surface area contributed by atoms with Gasteiger partial charge in [-0.3, -0.25) is 62.7 Å². The van der Waals surface area contributed by atoms with Gasteiger partial charge in [-0.2, -0.15) is 24.2 Å². The van der Waals surface area contributed by atoms with Crippen LogP contribution in [0.25, 0.3) is 43.7 Å². The molecular formula is C82H96ClN15O18S2Si. The summed E-state index contributed by atoms with van der Waals surface area (Å²) >= 11 is 6.57. The Bertz CT molecular complexity index is 5350. The van der Waals surface area contributed by atoms with Gasteiger partial charge in [0.1, 0.15) is 17.2 Å². The SMILES string of the molecule is CCC(=O)Cc1ccc2[nH]c(C(=O)Cc3ccc4[nH]c(C(=O)N5CC(CCl)c6c5cc(O[Si](C)(C)C(C)(C)C)c5ccccc65)cc4c3)cc2c1.CCSSC[C@H](CC(=O)[C@H](CC(=O)O)NC(=O)[C@H](CCCN=C(N)N)CC(=O)[C@H](C)NC(=O)CCCNC(=O)c1ccc(NCc2cnc3nc(N)[nH]c(=O)c3n2)cc1)C(=O)O.O=C=O.O=C=O. The van der Waals surface area contributed by atoms with E-state index in [0.29, 0.717) is 59.4 Å². The number of ketones is 4. The number of alkyl halides is 1. The van der Waals surface area contributed by atoms with Gasteiger partial charge in [0.25, 0.3) is 25.7 Å². The Hall–Kier alpha value is -12.2. The van der Waals surface area contributed by atoms with Gasteiger partial charge >= 0.3 is 24.2 Å². The molecule has 4 amide bonds. The van der Waals surface area contributed by atoms with E-state index in [-0.39, 0.29) is 134 Å². The number of aromatic amines is 3. The van der Waals surface area contributed by atoms with Crippen molar-refractivity contribution >= 4 is 180 Å². The van der Waals surface area contributed by atoms with Crippen molar-refractivity contribution in [2.75, 3.05) is 53.0 Å². The Labute approximate surface area is 697 Å². The number of nitrogens with zero attached hydrogens (tertiary/aromatic N) is 5. The van der Waals surface area contributed by atoms with Crippen LogP contribution in [0.1, 0.15) is 153 Å². The van der Waals surface area contributed by atoms with Crippen LogP contribution in [0.3, 0.4) is 0 Å². The fourth-order valence-corrected chi connectivity index (χ4v) is 15.9. The first-order valence-electron chi connectivity index (χ1n) is 38.0. The van der Waals surface area contributed by atoms with Gasteiger partial charge in [0, 0.05) is 132 Å². The van der Waals surface area contributed by atoms with Crippen molar-refractivity contribution < 1.29 is 81.8 Å². The Kier molecular flexibility index (Phi) is 35.0. The van der Waals surface area contributed by atoms with Gasteiger partial charge < -0.3 is 68.0 Å². The fraction of sp³-hybridized carbons (Fsp3) is 0.378. The predicted octanol–water partition coefficient (Wildman–Crippen LogP) is 9.52. The number of H-pyrrole nitrogens is 3. The lowest BCUT2D eigenvalue weighted by Crippen LogP contribution is -2.47. The molecule has 0 fully saturated rings. The van der Waals surface area contributed by atoms with Crippen molar-refractivity contribution in [1.82, 2.24) is 45.9 Å². The van der Waals surface area contributed by atoms with Crippen molar-refractivity contribution in [3.05, 3.63) is 159 Å². The maximum Gasteiger partial charge on any atom is 0.373 e. The average Bonchev–Trinajstić information content (AvgIpc) is 1.62. The highest BCUT2D eigenvalue weighted by Gasteiger charge is 2.42. The highest BCUT2D eigenvalue weighted by molar-refractivity contribution is 8.76. The molecule has 0 radical (unpaired) electrons. The van der Waals surface area contributed by atoms with Crippen LogP contribution in [-0.2, 0) is 72.1 Å². The monoisotopic (exact) mass is 1710 g/mol. The number of fused-ring (bicyclic) bond motifs is 6. The Morgan fingerprint density at radius 2 is 1.40 bits per heavy atom. The number of carbonyl (C=O) groups is 10. The van der Waals surface area contributed by atoms with Crippen LogP contribution in [0, 0.1) is 11.8 Å². The number of anilines is 3. The molecular weight excluding hydrogens is 1610 g/mol. The predicted molar refractivity (Wildman–Crippen MR) is 454 cm³/mol. The van der Waals surface area contributed by atoms with Crippen molar-refractivity contribution in [3.63, 3.8) is 0 Å². The number of aliphatic carboxylic acids is 2. The maximum absolute atomic E-state index is 14.3. The molecule has 630 valence electrons. The second-order valence-electron chi connectivity index (χ2n) is 29.5. The number of carboxylic acid groups (broad SMARTS) is 2. The molecule has 0 bridgehead atoms. The number of hydrogen-bond donors (Lipinski definition) is 12. The summed E-state index contributed by atoms with van der Waals surface area (Å²) in [6.07, 6.45) is 1.86. The minimum Gasteiger partial charge on any atom is -0.543 e. The smallest absolute Gasteiger partial charge is 0.373 e. The molecule has 4 aromatic heterocycles. The number of benzene rings is 5. The number of carbonyl (C=O) groups excluding carboxylic acids is 12. The van der Waals surface area contributed by atoms with E-state index in [1.807, 2.05) is 85.5 Å². The molecule has 0 spiro atoms. The molecule has 0 saturated carbocycles. The summed E-state index contributed by atoms with van der Waals surface area (Å²) in [7, 11) is 0.488. The third-order valence-electron chi connectivity index (χ3n) is 19.8. The molecule has 119 heavy (non-hydrogen) atoms. The molecule has 0 aliphatic carbocycles. The standard InChI is InChI=1S/C42H44ClN3O4Si.C38H52N12O10S2.2CO2/c1-7-30(47)18-25-12-14-33-27(16-25)20-35(44-33)38(48)19-26-13-15-34-28(17-26)21-36(45-34)41(49)46-24-29(23-43)40-32-11-9-8-10-31(32)39(22-37(40)46)50-51(5,6)42(2,3)4;1-3-61-62-19-23(36(59)60)15-28(52)26(16-30(54)55)48-34(57)22(6-4-13-43-37(39)40)14-27(51)20(2)46-29(53)7-5-12-42-33(56)21-8-10-24(11-9-21)44-17-25-18-45-32-31(47-25)35(58)50-38(41)49-32;2*2-1-3/h8-17,20-22,29,44-45H,7,18-19,23-24H2,1-6H3;8-11,18,20,22-23,26,44H,3-7,12-17,19H2,1-2H3,(H,42,56)(H,46,53)(H,48,57)(H,54,55)(H,59,60)(H4,39,40,43)(H3,41,45,49,50,58);;/t;20-,22+,23-,26-;;/m.0../s1. The number of nitrogens with two attached hydrogens (primary N) is 3. The minimum atomic E-state index is -2.19. The van der Waals surface area contributed by atoms with Crippen molar-refractivity contribution in [2.45, 2.75) is 148 Å². The van der Waals surface area contributed by atoms with Gasteiger partial charge in [0.2, 0.25) is 17.8 Å². The molecule has 5 atom stereocenters. The van der Waals surface area contributed by atoms with E-state index in [0.717, 1.165) is 60.7 Å². The first-order valence-corrected chi connectivity index (χ1v) is 43.9. The number of nitrogen functional groups attached to an aromatic ring is 1. The molecule has 37 heteroatoms. The van der Waals surface area contributed by atoms with Gasteiger partial charge in [-0.15, -0.1) is 11.6 Å². The fourth-order valence-electron chi connectivity index (χ4n) is 12.6. The van der Waals surface area contributed by atoms with Gasteiger partial charge in [-0.05, 0) is 127 Å². The number of hydrogen-bond acceptors (Lipinski definition) is 24. The molecule has 10 rings (SSSR count). The van der Waals surface area contributed by atoms with E-state index < -0.39 is 86.0 Å². The zero-order valence-corrected chi connectivity index (χ0v) is 70.3. The molecule has 1 unspecified atom stereocenters. The van der Waals surface area contributed by atoms with Gasteiger partial charge in [-0.1, -0.05) is 92.6 Å². The average molecular weight is 1710 g/mol. The maximum atomic E-state index is 14.3. The van der Waals surface area contributed by atoms with E-state index in [2.05, 4.69) is 102 Å². The van der Waals surface area contributed by atoms with Crippen LogP contribution < -0.4 is 53.4 Å². The van der Waals surface area contributed by atoms with E-state index in [1.165, 1.54) is 34.7 Å². The van der Waals surface area contributed by atoms with Gasteiger partial charge in [0.15, 0.2) is 34.5 Å². The summed E-state index contributed by atoms with van der Waals surface area (Å²) in [4.78, 5) is 200. The third kappa shape index (κ3) is 26.9. The zero-order chi connectivity index (χ0) is 87.4. The highest BCUT2D eigenvalue weighted by atomic mass is 35.5. The molecule has 1 aliphatic heterocycles. The number of guanidine groups is 1. The molecule has 15 N–H and O–H groups in total. The van der Waals surface area contributed by atoms with Crippen molar-refractivity contribution in [2.24, 2.45) is 28.3 Å². The van der Waals surface area contributed by atoms with E-state index in [4.69, 9.17) is 52.4 Å². The van der Waals surface area contributed by atoms with Gasteiger partial charge in [0.05, 0.1) is 54.2 Å². The van der Waals surface area contributed by atoms with Crippen LogP contribution in [0.5, 0.6) is 5.75 Å². The summed E-state index contributed by atoms with van der Waals surface area (Å²) in [5.74, 6) is -6.04. The number of rotatable bonds is 38. The Morgan fingerprint density at radius 1 is 0.773 bits per heavy atom. The summed E-state index contributed by atoms with van der Waals surface area (Å²) in [6, 6.07) is 29.7. The summed E-state index contributed by atoms with van der Waals surface area (Å²) in [5.41, 5.74) is 23.9. The second kappa shape index (κ2) is 44.4. The van der Waals surface area contributed by atoms with Crippen LogP contribution in [0.4, 0.5) is 17.3 Å². The molecule has 33 nitrogen and oxygen atoms in total. The molecule has 5 heterocycles. The summed E-state index contributed by atoms with van der Waals surface area (Å²) in [5, 5.41) is 33.9. The lowest BCUT2D eigenvalue weighted by atomic mass is 9.92.